The molecule has 1 aliphatic rings. The van der Waals surface area contributed by atoms with Crippen molar-refractivity contribution in [1.82, 2.24) is 4.31 Å². The SMILES string of the molecule is CCOC(=O)CCS(=O)(=O)N1CC(CN)CC1C. The quantitative estimate of drug-likeness (QED) is 0.687. The minimum absolute atomic E-state index is 0.0363. The second-order valence-electron chi connectivity index (χ2n) is 4.63. The van der Waals surface area contributed by atoms with Crippen LogP contribution in [0, 0.1) is 5.92 Å². The van der Waals surface area contributed by atoms with Crippen molar-refractivity contribution in [3.8, 4) is 0 Å². The van der Waals surface area contributed by atoms with Crippen molar-refractivity contribution in [3.63, 3.8) is 0 Å². The molecular weight excluding hydrogens is 256 g/mol. The average molecular weight is 278 g/mol. The lowest BCUT2D eigenvalue weighted by atomic mass is 10.1. The Labute approximate surface area is 109 Å². The molecule has 2 unspecified atom stereocenters. The molecule has 2 N–H and O–H groups in total. The Hall–Kier alpha value is -0.660. The number of hydrogen-bond donors (Lipinski definition) is 1. The Morgan fingerprint density at radius 3 is 2.67 bits per heavy atom. The summed E-state index contributed by atoms with van der Waals surface area (Å²) in [7, 11) is -3.39. The van der Waals surface area contributed by atoms with Crippen molar-refractivity contribution in [2.75, 3.05) is 25.4 Å². The fraction of sp³-hybridized carbons (Fsp3) is 0.909. The van der Waals surface area contributed by atoms with Crippen LogP contribution in [0.5, 0.6) is 0 Å². The van der Waals surface area contributed by atoms with Gasteiger partial charge in [-0.1, -0.05) is 0 Å². The van der Waals surface area contributed by atoms with Crippen LogP contribution in [-0.4, -0.2) is 50.2 Å². The van der Waals surface area contributed by atoms with Crippen LogP contribution < -0.4 is 5.73 Å². The first-order valence-electron chi connectivity index (χ1n) is 6.26. The molecule has 0 aromatic rings. The smallest absolute Gasteiger partial charge is 0.306 e. The molecule has 106 valence electrons. The molecule has 0 amide bonds. The monoisotopic (exact) mass is 278 g/mol. The van der Waals surface area contributed by atoms with E-state index in [-0.39, 0.29) is 30.7 Å². The molecule has 0 saturated carbocycles. The molecule has 1 heterocycles. The third kappa shape index (κ3) is 3.93. The van der Waals surface area contributed by atoms with E-state index in [9.17, 15) is 13.2 Å². The molecule has 1 fully saturated rings. The van der Waals surface area contributed by atoms with Gasteiger partial charge in [-0.3, -0.25) is 4.79 Å². The topological polar surface area (TPSA) is 89.7 Å². The van der Waals surface area contributed by atoms with Gasteiger partial charge in [0, 0.05) is 12.6 Å². The highest BCUT2D eigenvalue weighted by molar-refractivity contribution is 7.89. The predicted octanol–water partition coefficient (Wildman–Crippen LogP) is -0.0615. The third-order valence-electron chi connectivity index (χ3n) is 3.16. The van der Waals surface area contributed by atoms with Gasteiger partial charge in [0.2, 0.25) is 10.0 Å². The molecule has 0 aromatic carbocycles. The summed E-state index contributed by atoms with van der Waals surface area (Å²) >= 11 is 0. The van der Waals surface area contributed by atoms with Crippen LogP contribution >= 0.6 is 0 Å². The van der Waals surface area contributed by atoms with E-state index in [0.717, 1.165) is 6.42 Å². The molecule has 0 bridgehead atoms. The molecule has 2 atom stereocenters. The molecular formula is C11H22N2O4S. The lowest BCUT2D eigenvalue weighted by molar-refractivity contribution is -0.142. The number of rotatable bonds is 6. The van der Waals surface area contributed by atoms with E-state index in [1.54, 1.807) is 6.92 Å². The average Bonchev–Trinajstić information content (AvgIpc) is 2.69. The van der Waals surface area contributed by atoms with Crippen molar-refractivity contribution in [1.29, 1.82) is 0 Å². The second kappa shape index (κ2) is 6.49. The molecule has 0 spiro atoms. The second-order valence-corrected chi connectivity index (χ2v) is 6.67. The van der Waals surface area contributed by atoms with Crippen LogP contribution in [-0.2, 0) is 19.6 Å². The molecule has 18 heavy (non-hydrogen) atoms. The number of nitrogens with two attached hydrogens (primary N) is 1. The number of sulfonamides is 1. The number of carbonyl (C=O) groups excluding carboxylic acids is 1. The van der Waals surface area contributed by atoms with E-state index in [4.69, 9.17) is 10.5 Å². The summed E-state index contributed by atoms with van der Waals surface area (Å²) in [4.78, 5) is 11.2. The van der Waals surface area contributed by atoms with Crippen LogP contribution in [0.2, 0.25) is 0 Å². The van der Waals surface area contributed by atoms with Crippen molar-refractivity contribution in [3.05, 3.63) is 0 Å². The van der Waals surface area contributed by atoms with Crippen LogP contribution in [0.1, 0.15) is 26.7 Å². The Morgan fingerprint density at radius 1 is 1.50 bits per heavy atom. The molecule has 0 aliphatic carbocycles. The first-order valence-corrected chi connectivity index (χ1v) is 7.86. The Bertz CT molecular complexity index is 383. The summed E-state index contributed by atoms with van der Waals surface area (Å²) in [6, 6.07) is -0.0363. The van der Waals surface area contributed by atoms with E-state index in [1.807, 2.05) is 6.92 Å². The zero-order chi connectivity index (χ0) is 13.8. The predicted molar refractivity (Wildman–Crippen MR) is 68.4 cm³/mol. The molecule has 1 saturated heterocycles. The zero-order valence-electron chi connectivity index (χ0n) is 11.0. The van der Waals surface area contributed by atoms with Crippen LogP contribution in [0.25, 0.3) is 0 Å². The van der Waals surface area contributed by atoms with Crippen molar-refractivity contribution < 1.29 is 17.9 Å². The van der Waals surface area contributed by atoms with Gasteiger partial charge in [0.1, 0.15) is 0 Å². The molecule has 7 heteroatoms. The molecule has 1 aliphatic heterocycles. The van der Waals surface area contributed by atoms with Gasteiger partial charge in [0.25, 0.3) is 0 Å². The highest BCUT2D eigenvalue weighted by Crippen LogP contribution is 2.25. The number of ether oxygens (including phenoxy) is 1. The number of esters is 1. The summed E-state index contributed by atoms with van der Waals surface area (Å²) in [6.07, 6.45) is 0.696. The van der Waals surface area contributed by atoms with E-state index in [2.05, 4.69) is 0 Å². The van der Waals surface area contributed by atoms with Gasteiger partial charge in [-0.15, -0.1) is 0 Å². The maximum Gasteiger partial charge on any atom is 0.306 e. The summed E-state index contributed by atoms with van der Waals surface area (Å²) in [6.45, 7) is 4.80. The van der Waals surface area contributed by atoms with E-state index < -0.39 is 16.0 Å². The summed E-state index contributed by atoms with van der Waals surface area (Å²) in [5.41, 5.74) is 5.57. The maximum absolute atomic E-state index is 12.1. The first-order chi connectivity index (χ1) is 8.40. The van der Waals surface area contributed by atoms with E-state index in [1.165, 1.54) is 4.31 Å². The summed E-state index contributed by atoms with van der Waals surface area (Å²) in [5, 5.41) is 0. The standard InChI is InChI=1S/C11H22N2O4S/c1-3-17-11(14)4-5-18(15,16)13-8-10(7-12)6-9(13)2/h9-10H,3-8,12H2,1-2H3. The van der Waals surface area contributed by atoms with Gasteiger partial charge < -0.3 is 10.5 Å². The van der Waals surface area contributed by atoms with Crippen LogP contribution in [0.15, 0.2) is 0 Å². The molecule has 6 nitrogen and oxygen atoms in total. The molecule has 1 rings (SSSR count). The Kier molecular flexibility index (Phi) is 5.55. The van der Waals surface area contributed by atoms with Gasteiger partial charge in [0.05, 0.1) is 18.8 Å². The lowest BCUT2D eigenvalue weighted by Gasteiger charge is -2.20. The lowest BCUT2D eigenvalue weighted by Crippen LogP contribution is -2.36. The Balaban J connectivity index is 2.56. The van der Waals surface area contributed by atoms with Gasteiger partial charge in [-0.25, -0.2) is 8.42 Å². The number of carbonyl (C=O) groups is 1. The van der Waals surface area contributed by atoms with Crippen molar-refractivity contribution >= 4 is 16.0 Å². The first kappa shape index (κ1) is 15.4. The van der Waals surface area contributed by atoms with Gasteiger partial charge in [0.15, 0.2) is 0 Å². The fourth-order valence-electron chi connectivity index (χ4n) is 2.23. The largest absolute Gasteiger partial charge is 0.466 e. The van der Waals surface area contributed by atoms with Gasteiger partial charge >= 0.3 is 5.97 Å². The zero-order valence-corrected chi connectivity index (χ0v) is 11.8. The number of nitrogens with zero attached hydrogens (tertiary/aromatic N) is 1. The van der Waals surface area contributed by atoms with E-state index in [0.29, 0.717) is 13.1 Å². The van der Waals surface area contributed by atoms with Crippen molar-refractivity contribution in [2.24, 2.45) is 11.7 Å². The van der Waals surface area contributed by atoms with Crippen LogP contribution in [0.4, 0.5) is 0 Å². The van der Waals surface area contributed by atoms with Gasteiger partial charge in [-0.2, -0.15) is 4.31 Å². The summed E-state index contributed by atoms with van der Waals surface area (Å²) in [5.74, 6) is -0.436. The van der Waals surface area contributed by atoms with Crippen LogP contribution in [0.3, 0.4) is 0 Å². The highest BCUT2D eigenvalue weighted by Gasteiger charge is 2.36. The molecule has 0 radical (unpaired) electrons. The Morgan fingerprint density at radius 2 is 2.17 bits per heavy atom. The third-order valence-corrected chi connectivity index (χ3v) is 5.11. The fourth-order valence-corrected chi connectivity index (χ4v) is 3.96. The summed E-state index contributed by atoms with van der Waals surface area (Å²) < 4.78 is 30.4. The van der Waals surface area contributed by atoms with Crippen molar-refractivity contribution in [2.45, 2.75) is 32.7 Å². The number of hydrogen-bond acceptors (Lipinski definition) is 5. The molecule has 0 aromatic heterocycles. The maximum atomic E-state index is 12.1. The minimum Gasteiger partial charge on any atom is -0.466 e. The highest BCUT2D eigenvalue weighted by atomic mass is 32.2. The van der Waals surface area contributed by atoms with E-state index >= 15 is 0 Å². The van der Waals surface area contributed by atoms with Gasteiger partial charge in [-0.05, 0) is 32.7 Å². The normalized spacial score (nSPS) is 25.3. The minimum atomic E-state index is -3.39.